The first-order valence-corrected chi connectivity index (χ1v) is 20.1. The topological polar surface area (TPSA) is 57.2 Å². The molecule has 3 aromatic carbocycles. The lowest BCUT2D eigenvalue weighted by atomic mass is 10.1. The van der Waals surface area contributed by atoms with Gasteiger partial charge in [-0.3, -0.25) is 0 Å². The third-order valence-electron chi connectivity index (χ3n) is 9.36. The van der Waals surface area contributed by atoms with Gasteiger partial charge in [-0.05, 0) is 65.9 Å². The molecule has 0 heterocycles. The van der Waals surface area contributed by atoms with Crippen molar-refractivity contribution in [3.63, 3.8) is 0 Å². The number of hydrogen-bond acceptors (Lipinski definition) is 5. The van der Waals surface area contributed by atoms with E-state index >= 15 is 0 Å². The molecule has 0 atom stereocenters. The van der Waals surface area contributed by atoms with E-state index in [4.69, 9.17) is 18.9 Å². The van der Waals surface area contributed by atoms with Gasteiger partial charge in [0, 0.05) is 0 Å². The molecule has 0 bridgehead atoms. The fourth-order valence-electron chi connectivity index (χ4n) is 6.13. The van der Waals surface area contributed by atoms with Gasteiger partial charge < -0.3 is 24.1 Å². The molecule has 0 saturated carbocycles. The Bertz CT molecular complexity index is 1220. The van der Waals surface area contributed by atoms with Crippen molar-refractivity contribution in [3.8, 4) is 23.0 Å². The maximum atomic E-state index is 9.72. The molecule has 0 amide bonds. The third kappa shape index (κ3) is 18.7. The van der Waals surface area contributed by atoms with Gasteiger partial charge in [-0.1, -0.05) is 160 Å². The summed E-state index contributed by atoms with van der Waals surface area (Å²) in [6, 6.07) is 21.9. The quantitative estimate of drug-likeness (QED) is 0.0682. The monoisotopic (exact) mass is 689 g/mol. The van der Waals surface area contributed by atoms with E-state index in [9.17, 15) is 5.11 Å². The van der Waals surface area contributed by atoms with Crippen LogP contribution >= 0.6 is 0 Å². The molecular formula is C45H68O5. The highest BCUT2D eigenvalue weighted by atomic mass is 16.5. The van der Waals surface area contributed by atoms with Crippen LogP contribution in [0.1, 0.15) is 159 Å². The van der Waals surface area contributed by atoms with Crippen molar-refractivity contribution in [2.24, 2.45) is 0 Å². The van der Waals surface area contributed by atoms with Crippen LogP contribution in [0.25, 0.3) is 0 Å². The second kappa shape index (κ2) is 27.5. The van der Waals surface area contributed by atoms with E-state index in [0.717, 1.165) is 54.2 Å². The maximum Gasteiger partial charge on any atom is 0.162 e. The molecule has 0 aliphatic heterocycles. The molecule has 0 aliphatic carbocycles. The molecule has 3 rings (SSSR count). The molecule has 50 heavy (non-hydrogen) atoms. The lowest BCUT2D eigenvalue weighted by Crippen LogP contribution is -2.02. The summed E-state index contributed by atoms with van der Waals surface area (Å²) >= 11 is 0. The van der Waals surface area contributed by atoms with Gasteiger partial charge in [0.05, 0.1) is 19.8 Å². The van der Waals surface area contributed by atoms with Crippen LogP contribution in [0.2, 0.25) is 0 Å². The minimum Gasteiger partial charge on any atom is -0.494 e. The van der Waals surface area contributed by atoms with Crippen molar-refractivity contribution in [1.82, 2.24) is 0 Å². The zero-order chi connectivity index (χ0) is 35.3. The highest BCUT2D eigenvalue weighted by Crippen LogP contribution is 2.30. The molecule has 0 aromatic heterocycles. The van der Waals surface area contributed by atoms with Crippen molar-refractivity contribution in [2.75, 3.05) is 13.2 Å². The van der Waals surface area contributed by atoms with Crippen LogP contribution in [-0.2, 0) is 19.8 Å². The zero-order valence-electron chi connectivity index (χ0n) is 31.6. The summed E-state index contributed by atoms with van der Waals surface area (Å²) in [4.78, 5) is 0. The Hall–Kier alpha value is -3.18. The summed E-state index contributed by atoms with van der Waals surface area (Å²) in [6.07, 6.45) is 26.5. The summed E-state index contributed by atoms with van der Waals surface area (Å²) in [5, 5.41) is 9.72. The summed E-state index contributed by atoms with van der Waals surface area (Å²) in [6.45, 7) is 6.83. The Kier molecular flexibility index (Phi) is 22.7. The van der Waals surface area contributed by atoms with E-state index in [0.29, 0.717) is 24.7 Å². The van der Waals surface area contributed by atoms with Crippen LogP contribution in [0, 0.1) is 0 Å². The van der Waals surface area contributed by atoms with E-state index in [2.05, 4.69) is 26.0 Å². The van der Waals surface area contributed by atoms with Crippen LogP contribution in [-0.4, -0.2) is 18.3 Å². The smallest absolute Gasteiger partial charge is 0.162 e. The van der Waals surface area contributed by atoms with E-state index < -0.39 is 0 Å². The Balaban J connectivity index is 1.32. The molecular weight excluding hydrogens is 620 g/mol. The minimum atomic E-state index is -0.0533. The first-order chi connectivity index (χ1) is 24.7. The average molecular weight is 689 g/mol. The van der Waals surface area contributed by atoms with Crippen molar-refractivity contribution >= 4 is 0 Å². The second-order valence-electron chi connectivity index (χ2n) is 13.9. The SMILES string of the molecule is CCCCCCCCCCCCOc1ccc(COc2ccc(CO)cc2OCc2ccc(OCCCCCCCCCCCC)cc2)cc1. The Morgan fingerprint density at radius 1 is 0.380 bits per heavy atom. The molecule has 5 nitrogen and oxygen atoms in total. The highest BCUT2D eigenvalue weighted by Gasteiger charge is 2.09. The van der Waals surface area contributed by atoms with Crippen LogP contribution in [0.4, 0.5) is 0 Å². The van der Waals surface area contributed by atoms with Crippen molar-refractivity contribution in [1.29, 1.82) is 0 Å². The fourth-order valence-corrected chi connectivity index (χ4v) is 6.13. The fraction of sp³-hybridized carbons (Fsp3) is 0.600. The number of aliphatic hydroxyl groups excluding tert-OH is 1. The molecule has 1 N–H and O–H groups in total. The average Bonchev–Trinajstić information content (AvgIpc) is 3.15. The molecule has 278 valence electrons. The molecule has 5 heteroatoms. The van der Waals surface area contributed by atoms with Gasteiger partial charge in [-0.2, -0.15) is 0 Å². The van der Waals surface area contributed by atoms with Gasteiger partial charge in [0.15, 0.2) is 11.5 Å². The van der Waals surface area contributed by atoms with Crippen LogP contribution in [0.3, 0.4) is 0 Å². The Morgan fingerprint density at radius 3 is 1.14 bits per heavy atom. The van der Waals surface area contributed by atoms with E-state index in [1.165, 1.54) is 116 Å². The van der Waals surface area contributed by atoms with Gasteiger partial charge in [-0.25, -0.2) is 0 Å². The van der Waals surface area contributed by atoms with Crippen molar-refractivity contribution < 1.29 is 24.1 Å². The van der Waals surface area contributed by atoms with E-state index in [-0.39, 0.29) is 6.61 Å². The second-order valence-corrected chi connectivity index (χ2v) is 13.9. The predicted molar refractivity (Wildman–Crippen MR) is 209 cm³/mol. The number of ether oxygens (including phenoxy) is 4. The van der Waals surface area contributed by atoms with Crippen LogP contribution < -0.4 is 18.9 Å². The molecule has 0 saturated heterocycles. The van der Waals surface area contributed by atoms with Crippen molar-refractivity contribution in [2.45, 2.75) is 162 Å². The molecule has 0 aliphatic rings. The number of aliphatic hydroxyl groups is 1. The first kappa shape index (κ1) is 41.2. The van der Waals surface area contributed by atoms with E-state index in [1.807, 2.05) is 54.6 Å². The summed E-state index contributed by atoms with van der Waals surface area (Å²) in [5.74, 6) is 3.07. The Labute approximate surface area is 305 Å². The molecule has 3 aromatic rings. The maximum absolute atomic E-state index is 9.72. The number of unbranched alkanes of at least 4 members (excludes halogenated alkanes) is 18. The first-order valence-electron chi connectivity index (χ1n) is 20.1. The number of benzene rings is 3. The zero-order valence-corrected chi connectivity index (χ0v) is 31.6. The summed E-state index contributed by atoms with van der Waals surface area (Å²) in [5.41, 5.74) is 2.89. The third-order valence-corrected chi connectivity index (χ3v) is 9.36. The normalized spacial score (nSPS) is 11.1. The lowest BCUT2D eigenvalue weighted by molar-refractivity contribution is 0.252. The lowest BCUT2D eigenvalue weighted by Gasteiger charge is -2.15. The van der Waals surface area contributed by atoms with Gasteiger partial charge in [0.2, 0.25) is 0 Å². The van der Waals surface area contributed by atoms with Gasteiger partial charge in [-0.15, -0.1) is 0 Å². The molecule has 0 unspecified atom stereocenters. The summed E-state index contributed by atoms with van der Waals surface area (Å²) in [7, 11) is 0. The van der Waals surface area contributed by atoms with Gasteiger partial charge in [0.1, 0.15) is 24.7 Å². The van der Waals surface area contributed by atoms with Gasteiger partial charge in [0.25, 0.3) is 0 Å². The van der Waals surface area contributed by atoms with Crippen LogP contribution in [0.15, 0.2) is 66.7 Å². The molecule has 0 fully saturated rings. The summed E-state index contributed by atoms with van der Waals surface area (Å²) < 4.78 is 24.3. The highest BCUT2D eigenvalue weighted by molar-refractivity contribution is 5.43. The molecule has 0 radical (unpaired) electrons. The van der Waals surface area contributed by atoms with Crippen LogP contribution in [0.5, 0.6) is 23.0 Å². The minimum absolute atomic E-state index is 0.0533. The molecule has 0 spiro atoms. The van der Waals surface area contributed by atoms with E-state index in [1.54, 1.807) is 0 Å². The Morgan fingerprint density at radius 2 is 0.740 bits per heavy atom. The number of hydrogen-bond donors (Lipinski definition) is 1. The van der Waals surface area contributed by atoms with Gasteiger partial charge >= 0.3 is 0 Å². The standard InChI is InChI=1S/C45H68O5/c1-3-5-7-9-11-13-15-17-19-21-33-47-42-28-23-39(24-29-42)37-49-44-32-27-41(36-46)35-45(44)50-38-40-25-30-43(31-26-40)48-34-22-20-18-16-14-12-10-8-6-4-2/h23-32,35,46H,3-22,33-34,36-38H2,1-2H3. The van der Waals surface area contributed by atoms with Crippen molar-refractivity contribution in [3.05, 3.63) is 83.4 Å². The number of rotatable bonds is 31. The largest absolute Gasteiger partial charge is 0.494 e. The predicted octanol–water partition coefficient (Wildman–Crippen LogP) is 12.9.